The maximum Gasteiger partial charge on any atom is 0.305 e. The van der Waals surface area contributed by atoms with E-state index in [9.17, 15) is 9.59 Å². The molecular weight excluding hydrogens is 444 g/mol. The van der Waals surface area contributed by atoms with Gasteiger partial charge in [-0.2, -0.15) is 5.26 Å². The lowest BCUT2D eigenvalue weighted by atomic mass is 10.1. The molecule has 178 valence electrons. The van der Waals surface area contributed by atoms with Crippen molar-refractivity contribution in [2.45, 2.75) is 27.2 Å². The van der Waals surface area contributed by atoms with Gasteiger partial charge in [-0.1, -0.05) is 6.92 Å². The molecule has 0 unspecified atom stereocenters. The number of nitrogens with zero attached hydrogens (tertiary/aromatic N) is 5. The number of nitrogens with one attached hydrogen (secondary N) is 1. The summed E-state index contributed by atoms with van der Waals surface area (Å²) in [5.74, 6) is 0.414. The fourth-order valence-corrected chi connectivity index (χ4v) is 2.66. The Kier molecular flexibility index (Phi) is 11.0. The summed E-state index contributed by atoms with van der Waals surface area (Å²) in [6.07, 6.45) is 10.4. The summed E-state index contributed by atoms with van der Waals surface area (Å²) >= 11 is 0. The molecule has 0 radical (unpaired) electrons. The molecule has 0 aliphatic heterocycles. The number of esters is 1. The van der Waals surface area contributed by atoms with Crippen LogP contribution < -0.4 is 5.56 Å². The zero-order valence-corrected chi connectivity index (χ0v) is 19.8. The molecule has 9 heteroatoms. The first-order valence-electron chi connectivity index (χ1n) is 10.9. The number of H-pyrrole nitrogens is 1. The first kappa shape index (κ1) is 26.5. The van der Waals surface area contributed by atoms with Gasteiger partial charge in [-0.05, 0) is 50.2 Å². The van der Waals surface area contributed by atoms with Crippen molar-refractivity contribution in [2.24, 2.45) is 0 Å². The number of aromatic nitrogens is 5. The first-order valence-corrected chi connectivity index (χ1v) is 10.9. The highest BCUT2D eigenvalue weighted by Crippen LogP contribution is 2.21. The van der Waals surface area contributed by atoms with E-state index in [1.54, 1.807) is 70.1 Å². The van der Waals surface area contributed by atoms with E-state index in [2.05, 4.69) is 29.7 Å². The van der Waals surface area contributed by atoms with E-state index in [4.69, 9.17) is 5.26 Å². The smallest absolute Gasteiger partial charge is 0.305 e. The van der Waals surface area contributed by atoms with E-state index in [0.717, 1.165) is 11.1 Å². The van der Waals surface area contributed by atoms with Crippen LogP contribution in [-0.4, -0.2) is 37.5 Å². The molecule has 0 spiro atoms. The molecule has 0 saturated carbocycles. The van der Waals surface area contributed by atoms with E-state index >= 15 is 0 Å². The highest BCUT2D eigenvalue weighted by atomic mass is 16.5. The molecule has 4 rings (SSSR count). The van der Waals surface area contributed by atoms with Gasteiger partial charge < -0.3 is 9.72 Å². The van der Waals surface area contributed by atoms with E-state index in [-0.39, 0.29) is 11.5 Å². The van der Waals surface area contributed by atoms with Gasteiger partial charge in [0.05, 0.1) is 23.9 Å². The fourth-order valence-electron chi connectivity index (χ4n) is 2.66. The SMILES string of the molecule is CCOC(=O)CC.Cc1c(-c2ccncc2)nc(-c2ccncc2)[nH]c1=O.N#Cc1ccncc1. The Morgan fingerprint density at radius 1 is 0.914 bits per heavy atom. The Hall–Kier alpha value is -4.71. The monoisotopic (exact) mass is 470 g/mol. The zero-order chi connectivity index (χ0) is 25.5. The Labute approximate surface area is 203 Å². The number of ether oxygens (including phenoxy) is 1. The number of pyridine rings is 3. The van der Waals surface area contributed by atoms with Crippen molar-refractivity contribution >= 4 is 5.97 Å². The summed E-state index contributed by atoms with van der Waals surface area (Å²) in [5.41, 5.74) is 3.47. The first-order chi connectivity index (χ1) is 17.0. The molecule has 0 saturated heterocycles. The van der Waals surface area contributed by atoms with Crippen LogP contribution in [0.2, 0.25) is 0 Å². The number of hydrogen-bond acceptors (Lipinski definition) is 8. The summed E-state index contributed by atoms with van der Waals surface area (Å²) in [4.78, 5) is 41.3. The summed E-state index contributed by atoms with van der Waals surface area (Å²) in [5, 5.41) is 8.26. The fraction of sp³-hybridized carbons (Fsp3) is 0.192. The molecule has 4 aromatic heterocycles. The maximum absolute atomic E-state index is 12.1. The molecule has 0 fully saturated rings. The quantitative estimate of drug-likeness (QED) is 0.440. The van der Waals surface area contributed by atoms with Crippen LogP contribution in [0.15, 0.2) is 78.4 Å². The molecule has 0 atom stereocenters. The highest BCUT2D eigenvalue weighted by Gasteiger charge is 2.10. The van der Waals surface area contributed by atoms with Gasteiger partial charge in [-0.25, -0.2) is 4.98 Å². The molecule has 0 amide bonds. The lowest BCUT2D eigenvalue weighted by Gasteiger charge is -2.07. The van der Waals surface area contributed by atoms with Crippen molar-refractivity contribution in [3.8, 4) is 28.7 Å². The van der Waals surface area contributed by atoms with Crippen LogP contribution in [0.5, 0.6) is 0 Å². The number of nitriles is 1. The second-order valence-corrected chi connectivity index (χ2v) is 6.87. The molecule has 1 N–H and O–H groups in total. The Morgan fingerprint density at radius 2 is 1.43 bits per heavy atom. The van der Waals surface area contributed by atoms with Gasteiger partial charge in [0.25, 0.3) is 5.56 Å². The van der Waals surface area contributed by atoms with Crippen LogP contribution in [0.4, 0.5) is 0 Å². The highest BCUT2D eigenvalue weighted by molar-refractivity contribution is 5.68. The third-order valence-electron chi connectivity index (χ3n) is 4.46. The molecular formula is C26H26N6O3. The molecule has 0 aliphatic carbocycles. The minimum atomic E-state index is -0.140. The van der Waals surface area contributed by atoms with E-state index in [1.807, 2.05) is 30.3 Å². The van der Waals surface area contributed by atoms with Crippen molar-refractivity contribution in [2.75, 3.05) is 6.61 Å². The van der Waals surface area contributed by atoms with E-state index < -0.39 is 0 Å². The van der Waals surface area contributed by atoms with Crippen LogP contribution in [0.3, 0.4) is 0 Å². The van der Waals surface area contributed by atoms with Crippen molar-refractivity contribution in [3.63, 3.8) is 0 Å². The van der Waals surface area contributed by atoms with Gasteiger partial charge in [0.2, 0.25) is 0 Å². The standard InChI is InChI=1S/C15H12N4O.C6H4N2.C5H10O2/c1-10-13(11-2-6-16-7-3-11)18-14(19-15(10)20)12-4-8-17-9-5-12;7-5-6-1-3-8-4-2-6;1-3-5(6)7-4-2/h2-9H,1H3,(H,18,19,20);1-4H;3-4H2,1-2H3. The van der Waals surface area contributed by atoms with Crippen molar-refractivity contribution in [3.05, 3.63) is 95.1 Å². The number of carbonyl (C=O) groups is 1. The summed E-state index contributed by atoms with van der Waals surface area (Å²) in [7, 11) is 0. The minimum absolute atomic E-state index is 0.123. The molecule has 0 aliphatic rings. The van der Waals surface area contributed by atoms with Gasteiger partial charge in [-0.15, -0.1) is 0 Å². The average Bonchev–Trinajstić information content (AvgIpc) is 2.92. The average molecular weight is 471 g/mol. The number of rotatable bonds is 4. The van der Waals surface area contributed by atoms with Crippen LogP contribution in [0.1, 0.15) is 31.4 Å². The lowest BCUT2D eigenvalue weighted by Crippen LogP contribution is -2.14. The predicted octanol–water partition coefficient (Wildman–Crippen LogP) is 4.12. The van der Waals surface area contributed by atoms with Crippen molar-refractivity contribution < 1.29 is 9.53 Å². The summed E-state index contributed by atoms with van der Waals surface area (Å²) < 4.78 is 4.55. The van der Waals surface area contributed by atoms with Gasteiger partial charge in [0.15, 0.2) is 0 Å². The molecule has 0 aromatic carbocycles. The largest absolute Gasteiger partial charge is 0.466 e. The van der Waals surface area contributed by atoms with Crippen LogP contribution >= 0.6 is 0 Å². The zero-order valence-electron chi connectivity index (χ0n) is 19.8. The second-order valence-electron chi connectivity index (χ2n) is 6.87. The molecule has 9 nitrogen and oxygen atoms in total. The molecule has 4 aromatic rings. The summed E-state index contributed by atoms with van der Waals surface area (Å²) in [6, 6.07) is 12.6. The molecule has 0 bridgehead atoms. The van der Waals surface area contributed by atoms with Crippen molar-refractivity contribution in [1.82, 2.24) is 24.9 Å². The minimum Gasteiger partial charge on any atom is -0.466 e. The van der Waals surface area contributed by atoms with Gasteiger partial charge >= 0.3 is 5.97 Å². The van der Waals surface area contributed by atoms with Crippen LogP contribution in [-0.2, 0) is 9.53 Å². The van der Waals surface area contributed by atoms with Crippen molar-refractivity contribution in [1.29, 1.82) is 5.26 Å². The van der Waals surface area contributed by atoms with Gasteiger partial charge in [0, 0.05) is 60.3 Å². The molecule has 35 heavy (non-hydrogen) atoms. The van der Waals surface area contributed by atoms with E-state index in [1.165, 1.54) is 0 Å². The Bertz CT molecular complexity index is 1290. The second kappa shape index (κ2) is 14.4. The Balaban J connectivity index is 0.000000237. The van der Waals surface area contributed by atoms with Crippen LogP contribution in [0, 0.1) is 18.3 Å². The van der Waals surface area contributed by atoms with Gasteiger partial charge in [-0.3, -0.25) is 24.5 Å². The normalized spacial score (nSPS) is 9.43. The predicted molar refractivity (Wildman–Crippen MR) is 132 cm³/mol. The third-order valence-corrected chi connectivity index (χ3v) is 4.46. The van der Waals surface area contributed by atoms with Gasteiger partial charge in [0.1, 0.15) is 5.82 Å². The van der Waals surface area contributed by atoms with E-state index in [0.29, 0.717) is 35.7 Å². The lowest BCUT2D eigenvalue weighted by molar-refractivity contribution is -0.142. The van der Waals surface area contributed by atoms with Crippen LogP contribution in [0.25, 0.3) is 22.6 Å². The summed E-state index contributed by atoms with van der Waals surface area (Å²) in [6.45, 7) is 5.83. The Morgan fingerprint density at radius 3 is 1.86 bits per heavy atom. The maximum atomic E-state index is 12.1. The third kappa shape index (κ3) is 8.63. The molecule has 4 heterocycles. The number of carbonyl (C=O) groups excluding carboxylic acids is 1. The number of aromatic amines is 1. The number of hydrogen-bond donors (Lipinski definition) is 1. The topological polar surface area (TPSA) is 135 Å².